The molecule has 0 unspecified atom stereocenters. The van der Waals surface area contributed by atoms with E-state index in [2.05, 4.69) is 5.92 Å². The Morgan fingerprint density at radius 3 is 2.41 bits per heavy atom. The molecule has 1 rings (SSSR count). The number of rotatable bonds is 7. The molecule has 3 heteroatoms. The van der Waals surface area contributed by atoms with Crippen molar-refractivity contribution in [3.8, 4) is 12.3 Å². The maximum absolute atomic E-state index is 12.6. The fourth-order valence-corrected chi connectivity index (χ4v) is 2.21. The maximum atomic E-state index is 12.6. The molecule has 1 amide bonds. The SMILES string of the molecule is C#CCN(CC1CC1)C(=O)C(CC)(CC)CN. The highest BCUT2D eigenvalue weighted by Gasteiger charge is 2.38. The van der Waals surface area contributed by atoms with Crippen molar-refractivity contribution in [3.63, 3.8) is 0 Å². The van der Waals surface area contributed by atoms with E-state index in [0.29, 0.717) is 19.0 Å². The summed E-state index contributed by atoms with van der Waals surface area (Å²) in [6.45, 7) is 5.69. The van der Waals surface area contributed by atoms with Crippen LogP contribution in [0.4, 0.5) is 0 Å². The Labute approximate surface area is 105 Å². The molecule has 3 nitrogen and oxygen atoms in total. The minimum absolute atomic E-state index is 0.148. The van der Waals surface area contributed by atoms with Gasteiger partial charge in [-0.25, -0.2) is 0 Å². The van der Waals surface area contributed by atoms with E-state index in [0.717, 1.165) is 19.4 Å². The number of amides is 1. The number of hydrogen-bond acceptors (Lipinski definition) is 2. The summed E-state index contributed by atoms with van der Waals surface area (Å²) >= 11 is 0. The van der Waals surface area contributed by atoms with E-state index in [1.54, 1.807) is 0 Å². The van der Waals surface area contributed by atoms with E-state index in [4.69, 9.17) is 12.2 Å². The van der Waals surface area contributed by atoms with Crippen molar-refractivity contribution in [2.75, 3.05) is 19.6 Å². The van der Waals surface area contributed by atoms with E-state index in [1.807, 2.05) is 18.7 Å². The number of terminal acetylenes is 1. The average molecular weight is 236 g/mol. The van der Waals surface area contributed by atoms with Crippen molar-refractivity contribution in [2.24, 2.45) is 17.1 Å². The highest BCUT2D eigenvalue weighted by molar-refractivity contribution is 5.83. The minimum atomic E-state index is -0.411. The molecular formula is C14H24N2O. The Bertz CT molecular complexity index is 290. The number of hydrogen-bond donors (Lipinski definition) is 1. The zero-order valence-corrected chi connectivity index (χ0v) is 11.0. The predicted octanol–water partition coefficient (Wildman–Crippen LogP) is 1.62. The highest BCUT2D eigenvalue weighted by Crippen LogP contribution is 2.33. The third-order valence-electron chi connectivity index (χ3n) is 3.94. The molecule has 96 valence electrons. The van der Waals surface area contributed by atoms with Crippen LogP contribution in [0.3, 0.4) is 0 Å². The quantitative estimate of drug-likeness (QED) is 0.683. The first-order valence-corrected chi connectivity index (χ1v) is 6.56. The standard InChI is InChI=1S/C14H24N2O/c1-4-9-16(10-12-7-8-12)13(17)14(5-2,6-3)11-15/h1,12H,5-11,15H2,2-3H3. The lowest BCUT2D eigenvalue weighted by atomic mass is 9.81. The van der Waals surface area contributed by atoms with Crippen LogP contribution < -0.4 is 5.73 Å². The molecule has 0 radical (unpaired) electrons. The predicted molar refractivity (Wildman–Crippen MR) is 70.2 cm³/mol. The summed E-state index contributed by atoms with van der Waals surface area (Å²) in [5, 5.41) is 0. The van der Waals surface area contributed by atoms with Gasteiger partial charge in [-0.15, -0.1) is 6.42 Å². The Morgan fingerprint density at radius 1 is 1.47 bits per heavy atom. The van der Waals surface area contributed by atoms with Crippen LogP contribution in [0, 0.1) is 23.7 Å². The molecule has 0 bridgehead atoms. The first-order valence-electron chi connectivity index (χ1n) is 6.56. The molecule has 0 spiro atoms. The molecule has 0 atom stereocenters. The van der Waals surface area contributed by atoms with E-state index < -0.39 is 5.41 Å². The summed E-state index contributed by atoms with van der Waals surface area (Å²) in [6, 6.07) is 0. The molecule has 0 aliphatic heterocycles. The van der Waals surface area contributed by atoms with Crippen molar-refractivity contribution in [3.05, 3.63) is 0 Å². The van der Waals surface area contributed by atoms with Gasteiger partial charge in [-0.2, -0.15) is 0 Å². The zero-order valence-electron chi connectivity index (χ0n) is 11.0. The zero-order chi connectivity index (χ0) is 12.9. The molecule has 1 aliphatic rings. The molecule has 0 aromatic carbocycles. The van der Waals surface area contributed by atoms with Gasteiger partial charge >= 0.3 is 0 Å². The van der Waals surface area contributed by atoms with E-state index in [9.17, 15) is 4.79 Å². The maximum Gasteiger partial charge on any atom is 0.230 e. The summed E-state index contributed by atoms with van der Waals surface area (Å²) in [6.07, 6.45) is 9.37. The van der Waals surface area contributed by atoms with Gasteiger partial charge in [-0.05, 0) is 31.6 Å². The lowest BCUT2D eigenvalue weighted by Crippen LogP contribution is -2.48. The Hall–Kier alpha value is -1.01. The van der Waals surface area contributed by atoms with Gasteiger partial charge in [-0.1, -0.05) is 19.8 Å². The van der Waals surface area contributed by atoms with Crippen LogP contribution >= 0.6 is 0 Å². The number of nitrogens with two attached hydrogens (primary N) is 1. The van der Waals surface area contributed by atoms with Crippen molar-refractivity contribution in [1.29, 1.82) is 0 Å². The van der Waals surface area contributed by atoms with Crippen LogP contribution in [-0.4, -0.2) is 30.4 Å². The van der Waals surface area contributed by atoms with Gasteiger partial charge in [0.1, 0.15) is 0 Å². The minimum Gasteiger partial charge on any atom is -0.331 e. The van der Waals surface area contributed by atoms with Gasteiger partial charge in [0.2, 0.25) is 5.91 Å². The third-order valence-corrected chi connectivity index (χ3v) is 3.94. The van der Waals surface area contributed by atoms with Crippen LogP contribution in [0.15, 0.2) is 0 Å². The summed E-state index contributed by atoms with van der Waals surface area (Å²) in [7, 11) is 0. The first-order chi connectivity index (χ1) is 8.13. The number of carbonyl (C=O) groups is 1. The van der Waals surface area contributed by atoms with Crippen LogP contribution in [-0.2, 0) is 4.79 Å². The first kappa shape index (κ1) is 14.1. The molecule has 0 heterocycles. The topological polar surface area (TPSA) is 46.3 Å². The van der Waals surface area contributed by atoms with E-state index in [1.165, 1.54) is 12.8 Å². The van der Waals surface area contributed by atoms with Gasteiger partial charge in [0.05, 0.1) is 12.0 Å². The summed E-state index contributed by atoms with van der Waals surface area (Å²) < 4.78 is 0. The second kappa shape index (κ2) is 6.07. The van der Waals surface area contributed by atoms with Crippen LogP contribution in [0.1, 0.15) is 39.5 Å². The van der Waals surface area contributed by atoms with Gasteiger partial charge in [0.15, 0.2) is 0 Å². The van der Waals surface area contributed by atoms with E-state index >= 15 is 0 Å². The van der Waals surface area contributed by atoms with Crippen molar-refractivity contribution >= 4 is 5.91 Å². The fraction of sp³-hybridized carbons (Fsp3) is 0.786. The molecule has 17 heavy (non-hydrogen) atoms. The van der Waals surface area contributed by atoms with Crippen molar-refractivity contribution in [2.45, 2.75) is 39.5 Å². The summed E-state index contributed by atoms with van der Waals surface area (Å²) in [5.74, 6) is 3.40. The average Bonchev–Trinajstić information content (AvgIpc) is 3.15. The molecule has 1 saturated carbocycles. The molecular weight excluding hydrogens is 212 g/mol. The van der Waals surface area contributed by atoms with E-state index in [-0.39, 0.29) is 5.91 Å². The molecule has 0 aromatic heterocycles. The normalized spacial score (nSPS) is 15.4. The Balaban J connectivity index is 2.76. The monoisotopic (exact) mass is 236 g/mol. The number of carbonyl (C=O) groups excluding carboxylic acids is 1. The van der Waals surface area contributed by atoms with Crippen LogP contribution in [0.2, 0.25) is 0 Å². The molecule has 1 aliphatic carbocycles. The molecule has 2 N–H and O–H groups in total. The lowest BCUT2D eigenvalue weighted by molar-refractivity contribution is -0.141. The molecule has 0 saturated heterocycles. The molecule has 1 fully saturated rings. The second-order valence-electron chi connectivity index (χ2n) is 5.02. The number of nitrogens with zero attached hydrogens (tertiary/aromatic N) is 1. The molecule has 0 aromatic rings. The smallest absolute Gasteiger partial charge is 0.230 e. The summed E-state index contributed by atoms with van der Waals surface area (Å²) in [5.41, 5.74) is 5.40. The van der Waals surface area contributed by atoms with Crippen molar-refractivity contribution in [1.82, 2.24) is 4.90 Å². The van der Waals surface area contributed by atoms with Gasteiger partial charge in [0, 0.05) is 13.1 Å². The largest absolute Gasteiger partial charge is 0.331 e. The third kappa shape index (κ3) is 3.23. The second-order valence-corrected chi connectivity index (χ2v) is 5.02. The van der Waals surface area contributed by atoms with Crippen molar-refractivity contribution < 1.29 is 4.79 Å². The van der Waals surface area contributed by atoms with Crippen LogP contribution in [0.25, 0.3) is 0 Å². The van der Waals surface area contributed by atoms with Gasteiger partial charge < -0.3 is 10.6 Å². The summed E-state index contributed by atoms with van der Waals surface area (Å²) in [4.78, 5) is 14.4. The van der Waals surface area contributed by atoms with Gasteiger partial charge in [0.25, 0.3) is 0 Å². The lowest BCUT2D eigenvalue weighted by Gasteiger charge is -2.34. The Morgan fingerprint density at radius 2 is 2.06 bits per heavy atom. The van der Waals surface area contributed by atoms with Crippen LogP contribution in [0.5, 0.6) is 0 Å². The fourth-order valence-electron chi connectivity index (χ4n) is 2.21. The van der Waals surface area contributed by atoms with Gasteiger partial charge in [-0.3, -0.25) is 4.79 Å². The Kier molecular flexibility index (Phi) is 5.02. The highest BCUT2D eigenvalue weighted by atomic mass is 16.2.